The van der Waals surface area contributed by atoms with Crippen molar-refractivity contribution >= 4 is 38.9 Å². The summed E-state index contributed by atoms with van der Waals surface area (Å²) in [6.07, 6.45) is 2.60. The number of furan rings is 1. The standard InChI is InChI=1S/C20H19ClN2O5S/c1-29(25,26)23-19-11-15(7-8-18(19)21)20(24)22-16-5-2-4-14(10-16)12-27-13-17-6-3-9-28-17/h2-11,23H,12-13H2,1H3,(H,22,24). The molecule has 1 amide bonds. The van der Waals surface area contributed by atoms with Crippen LogP contribution < -0.4 is 10.0 Å². The number of carbonyl (C=O) groups excluding carboxylic acids is 1. The van der Waals surface area contributed by atoms with Gasteiger partial charge in [0.1, 0.15) is 12.4 Å². The molecule has 152 valence electrons. The van der Waals surface area contributed by atoms with E-state index < -0.39 is 15.9 Å². The van der Waals surface area contributed by atoms with Gasteiger partial charge in [-0.15, -0.1) is 0 Å². The average molecular weight is 435 g/mol. The van der Waals surface area contributed by atoms with Crippen LogP contribution >= 0.6 is 11.6 Å². The van der Waals surface area contributed by atoms with Crippen LogP contribution in [0, 0.1) is 0 Å². The second-order valence-electron chi connectivity index (χ2n) is 6.30. The first kappa shape index (κ1) is 20.9. The monoisotopic (exact) mass is 434 g/mol. The van der Waals surface area contributed by atoms with Crippen molar-refractivity contribution in [1.29, 1.82) is 0 Å². The van der Waals surface area contributed by atoms with Gasteiger partial charge in [-0.25, -0.2) is 8.42 Å². The lowest BCUT2D eigenvalue weighted by Crippen LogP contribution is -2.14. The molecule has 0 fully saturated rings. The summed E-state index contributed by atoms with van der Waals surface area (Å²) in [6.45, 7) is 0.707. The van der Waals surface area contributed by atoms with Gasteiger partial charge in [0, 0.05) is 11.3 Å². The Morgan fingerprint density at radius 1 is 1.10 bits per heavy atom. The highest BCUT2D eigenvalue weighted by Gasteiger charge is 2.12. The molecule has 0 aliphatic carbocycles. The van der Waals surface area contributed by atoms with Crippen molar-refractivity contribution in [2.45, 2.75) is 13.2 Å². The molecule has 0 aliphatic rings. The van der Waals surface area contributed by atoms with Gasteiger partial charge in [-0.2, -0.15) is 0 Å². The van der Waals surface area contributed by atoms with Crippen molar-refractivity contribution in [3.05, 3.63) is 82.8 Å². The first-order chi connectivity index (χ1) is 13.8. The van der Waals surface area contributed by atoms with Crippen LogP contribution in [0.5, 0.6) is 0 Å². The van der Waals surface area contributed by atoms with E-state index in [0.29, 0.717) is 18.9 Å². The molecule has 1 aromatic heterocycles. The zero-order valence-corrected chi connectivity index (χ0v) is 17.1. The quantitative estimate of drug-likeness (QED) is 0.551. The van der Waals surface area contributed by atoms with E-state index in [2.05, 4.69) is 10.0 Å². The molecule has 2 N–H and O–H groups in total. The van der Waals surface area contributed by atoms with Crippen LogP contribution in [-0.4, -0.2) is 20.6 Å². The minimum atomic E-state index is -3.52. The smallest absolute Gasteiger partial charge is 0.255 e. The van der Waals surface area contributed by atoms with Crippen molar-refractivity contribution in [3.8, 4) is 0 Å². The highest BCUT2D eigenvalue weighted by molar-refractivity contribution is 7.92. The van der Waals surface area contributed by atoms with Gasteiger partial charge in [0.2, 0.25) is 10.0 Å². The fourth-order valence-corrected chi connectivity index (χ4v) is 3.34. The molecule has 0 saturated carbocycles. The van der Waals surface area contributed by atoms with E-state index in [0.717, 1.165) is 17.6 Å². The summed E-state index contributed by atoms with van der Waals surface area (Å²) in [7, 11) is -3.52. The third-order valence-corrected chi connectivity index (χ3v) is 4.72. The van der Waals surface area contributed by atoms with Gasteiger partial charge in [-0.05, 0) is 48.0 Å². The molecule has 3 rings (SSSR count). The fourth-order valence-electron chi connectivity index (χ4n) is 2.55. The molecule has 0 aliphatic heterocycles. The summed E-state index contributed by atoms with van der Waals surface area (Å²) in [5.74, 6) is 0.336. The molecule has 0 radical (unpaired) electrons. The zero-order valence-electron chi connectivity index (χ0n) is 15.5. The Bertz CT molecular complexity index is 1100. The largest absolute Gasteiger partial charge is 0.467 e. The molecular weight excluding hydrogens is 416 g/mol. The lowest BCUT2D eigenvalue weighted by molar-refractivity contribution is 0.0929. The van der Waals surface area contributed by atoms with Crippen molar-refractivity contribution in [1.82, 2.24) is 0 Å². The van der Waals surface area contributed by atoms with E-state index in [4.69, 9.17) is 20.8 Å². The number of sulfonamides is 1. The van der Waals surface area contributed by atoms with Crippen LogP contribution in [-0.2, 0) is 28.0 Å². The lowest BCUT2D eigenvalue weighted by Gasteiger charge is -2.10. The topological polar surface area (TPSA) is 97.6 Å². The van der Waals surface area contributed by atoms with E-state index >= 15 is 0 Å². The molecule has 2 aromatic carbocycles. The Hall–Kier alpha value is -2.81. The molecule has 0 saturated heterocycles. The molecule has 0 spiro atoms. The van der Waals surface area contributed by atoms with E-state index in [1.54, 1.807) is 30.5 Å². The maximum absolute atomic E-state index is 12.5. The first-order valence-corrected chi connectivity index (χ1v) is 10.8. The summed E-state index contributed by atoms with van der Waals surface area (Å²) in [5.41, 5.74) is 1.87. The predicted octanol–water partition coefficient (Wildman–Crippen LogP) is 4.27. The van der Waals surface area contributed by atoms with Gasteiger partial charge in [0.05, 0.1) is 29.8 Å². The Balaban J connectivity index is 1.65. The second kappa shape index (κ2) is 9.13. The number of hydrogen-bond acceptors (Lipinski definition) is 5. The number of rotatable bonds is 8. The van der Waals surface area contributed by atoms with Crippen molar-refractivity contribution in [2.75, 3.05) is 16.3 Å². The third-order valence-electron chi connectivity index (χ3n) is 3.80. The first-order valence-electron chi connectivity index (χ1n) is 8.58. The van der Waals surface area contributed by atoms with E-state index in [1.165, 1.54) is 18.2 Å². The van der Waals surface area contributed by atoms with E-state index in [9.17, 15) is 13.2 Å². The van der Waals surface area contributed by atoms with Crippen molar-refractivity contribution < 1.29 is 22.4 Å². The number of nitrogens with one attached hydrogen (secondary N) is 2. The van der Waals surface area contributed by atoms with Gasteiger partial charge in [0.25, 0.3) is 5.91 Å². The number of ether oxygens (including phenoxy) is 1. The minimum Gasteiger partial charge on any atom is -0.467 e. The predicted molar refractivity (Wildman–Crippen MR) is 112 cm³/mol. The highest BCUT2D eigenvalue weighted by atomic mass is 35.5. The Labute approximate surface area is 173 Å². The van der Waals surface area contributed by atoms with E-state index in [1.807, 2.05) is 12.1 Å². The SMILES string of the molecule is CS(=O)(=O)Nc1cc(C(=O)Nc2cccc(COCc3ccco3)c2)ccc1Cl. The van der Waals surface area contributed by atoms with E-state index in [-0.39, 0.29) is 16.3 Å². The van der Waals surface area contributed by atoms with Gasteiger partial charge in [0.15, 0.2) is 0 Å². The minimum absolute atomic E-state index is 0.141. The maximum atomic E-state index is 12.5. The molecular formula is C20H19ClN2O5S. The number of carbonyl (C=O) groups is 1. The van der Waals surface area contributed by atoms with Crippen LogP contribution in [0.2, 0.25) is 5.02 Å². The van der Waals surface area contributed by atoms with Crippen LogP contribution in [0.25, 0.3) is 0 Å². The molecule has 0 bridgehead atoms. The molecule has 9 heteroatoms. The van der Waals surface area contributed by atoms with Crippen molar-refractivity contribution in [2.24, 2.45) is 0 Å². The fraction of sp³-hybridized carbons (Fsp3) is 0.150. The number of halogens is 1. The van der Waals surface area contributed by atoms with Crippen LogP contribution in [0.1, 0.15) is 21.7 Å². The molecule has 0 atom stereocenters. The van der Waals surface area contributed by atoms with Crippen LogP contribution in [0.3, 0.4) is 0 Å². The van der Waals surface area contributed by atoms with Gasteiger partial charge >= 0.3 is 0 Å². The van der Waals surface area contributed by atoms with Gasteiger partial charge in [-0.3, -0.25) is 9.52 Å². The summed E-state index contributed by atoms with van der Waals surface area (Å²) in [5, 5.41) is 2.98. The molecule has 1 heterocycles. The summed E-state index contributed by atoms with van der Waals surface area (Å²) >= 11 is 5.99. The zero-order chi connectivity index (χ0) is 20.9. The lowest BCUT2D eigenvalue weighted by atomic mass is 10.1. The molecule has 29 heavy (non-hydrogen) atoms. The Kier molecular flexibility index (Phi) is 6.58. The number of anilines is 2. The molecule has 3 aromatic rings. The summed E-state index contributed by atoms with van der Waals surface area (Å²) in [4.78, 5) is 12.5. The molecule has 7 nitrogen and oxygen atoms in total. The normalized spacial score (nSPS) is 11.2. The number of benzene rings is 2. The highest BCUT2D eigenvalue weighted by Crippen LogP contribution is 2.24. The van der Waals surface area contributed by atoms with Crippen LogP contribution in [0.4, 0.5) is 11.4 Å². The second-order valence-corrected chi connectivity index (χ2v) is 8.45. The average Bonchev–Trinajstić information content (AvgIpc) is 3.16. The third kappa shape index (κ3) is 6.35. The van der Waals surface area contributed by atoms with Gasteiger partial charge < -0.3 is 14.5 Å². The van der Waals surface area contributed by atoms with Crippen molar-refractivity contribution in [3.63, 3.8) is 0 Å². The number of amides is 1. The maximum Gasteiger partial charge on any atom is 0.255 e. The Morgan fingerprint density at radius 2 is 1.93 bits per heavy atom. The summed E-state index contributed by atoms with van der Waals surface area (Å²) in [6, 6.07) is 15.2. The summed E-state index contributed by atoms with van der Waals surface area (Å²) < 4.78 is 36.0. The van der Waals surface area contributed by atoms with Crippen LogP contribution in [0.15, 0.2) is 65.3 Å². The molecule has 0 unspecified atom stereocenters. The van der Waals surface area contributed by atoms with Gasteiger partial charge in [-0.1, -0.05) is 23.7 Å². The number of hydrogen-bond donors (Lipinski definition) is 2. The Morgan fingerprint density at radius 3 is 2.66 bits per heavy atom.